The van der Waals surface area contributed by atoms with Crippen LogP contribution in [0.3, 0.4) is 0 Å². The molecule has 6 heteroatoms. The molecule has 1 saturated heterocycles. The van der Waals surface area contributed by atoms with Gasteiger partial charge in [-0.2, -0.15) is 0 Å². The summed E-state index contributed by atoms with van der Waals surface area (Å²) in [5, 5.41) is 0. The van der Waals surface area contributed by atoms with Crippen molar-refractivity contribution >= 4 is 11.9 Å². The number of likely N-dealkylation sites (N-methyl/N-ethyl adjacent to an activating group) is 1. The van der Waals surface area contributed by atoms with Gasteiger partial charge in [0.2, 0.25) is 0 Å². The molecule has 2 aromatic rings. The molecular weight excluding hydrogens is 426 g/mol. The van der Waals surface area contributed by atoms with Crippen LogP contribution in [0.25, 0.3) is 0 Å². The van der Waals surface area contributed by atoms with E-state index in [1.54, 1.807) is 19.9 Å². The Morgan fingerprint density at radius 3 is 2.29 bits per heavy atom. The highest BCUT2D eigenvalue weighted by Crippen LogP contribution is 2.31. The highest BCUT2D eigenvalue weighted by atomic mass is 16.5. The van der Waals surface area contributed by atoms with Gasteiger partial charge in [-0.1, -0.05) is 52.0 Å². The second-order valence-corrected chi connectivity index (χ2v) is 10.3. The predicted molar refractivity (Wildman–Crippen MR) is 134 cm³/mol. The van der Waals surface area contributed by atoms with Crippen molar-refractivity contribution in [3.8, 4) is 5.75 Å². The number of fused-ring (bicyclic) bond motifs is 1. The van der Waals surface area contributed by atoms with E-state index in [1.165, 1.54) is 16.7 Å². The predicted octanol–water partition coefficient (Wildman–Crippen LogP) is 4.27. The Morgan fingerprint density at radius 1 is 0.912 bits per heavy atom. The molecule has 34 heavy (non-hydrogen) atoms. The molecule has 2 heterocycles. The first-order chi connectivity index (χ1) is 16.2. The maximum absolute atomic E-state index is 13.6. The molecule has 2 aliphatic rings. The van der Waals surface area contributed by atoms with E-state index in [0.29, 0.717) is 24.4 Å². The van der Waals surface area contributed by atoms with Crippen molar-refractivity contribution in [1.29, 1.82) is 0 Å². The summed E-state index contributed by atoms with van der Waals surface area (Å²) in [6.07, 6.45) is 0. The van der Waals surface area contributed by atoms with Crippen LogP contribution in [0.1, 0.15) is 66.2 Å². The second kappa shape index (κ2) is 10.3. The van der Waals surface area contributed by atoms with Crippen LogP contribution in [0.4, 0.5) is 0 Å². The van der Waals surface area contributed by atoms with Crippen LogP contribution in [0.15, 0.2) is 36.4 Å². The van der Waals surface area contributed by atoms with E-state index in [2.05, 4.69) is 48.9 Å². The summed E-state index contributed by atoms with van der Waals surface area (Å²) in [5.74, 6) is -0.0629. The lowest BCUT2D eigenvalue weighted by Crippen LogP contribution is -2.43. The van der Waals surface area contributed by atoms with E-state index in [-0.39, 0.29) is 23.7 Å². The molecule has 0 aromatic heterocycles. The highest BCUT2D eigenvalue weighted by molar-refractivity contribution is 5.98. The van der Waals surface area contributed by atoms with E-state index < -0.39 is 0 Å². The van der Waals surface area contributed by atoms with Crippen LogP contribution in [0, 0.1) is 5.92 Å². The Balaban J connectivity index is 1.51. The van der Waals surface area contributed by atoms with Gasteiger partial charge in [-0.15, -0.1) is 0 Å². The lowest BCUT2D eigenvalue weighted by Gasteiger charge is -2.32. The number of carbonyl (C=O) groups is 2. The molecular formula is C28H37N3O3. The zero-order valence-corrected chi connectivity index (χ0v) is 21.1. The van der Waals surface area contributed by atoms with E-state index in [4.69, 9.17) is 4.74 Å². The lowest BCUT2D eigenvalue weighted by atomic mass is 9.99. The second-order valence-electron chi connectivity index (χ2n) is 10.3. The molecule has 0 radical (unpaired) electrons. The third-order valence-corrected chi connectivity index (χ3v) is 6.87. The molecule has 0 unspecified atom stereocenters. The normalized spacial score (nSPS) is 16.9. The summed E-state index contributed by atoms with van der Waals surface area (Å²) < 4.78 is 5.62. The number of hydrogen-bond donors (Lipinski definition) is 0. The largest absolute Gasteiger partial charge is 0.425 e. The summed E-state index contributed by atoms with van der Waals surface area (Å²) in [4.78, 5) is 32.6. The lowest BCUT2D eigenvalue weighted by molar-refractivity contribution is -0.137. The van der Waals surface area contributed by atoms with Crippen LogP contribution in [0.2, 0.25) is 0 Å². The van der Waals surface area contributed by atoms with Gasteiger partial charge in [0.15, 0.2) is 0 Å². The van der Waals surface area contributed by atoms with Crippen molar-refractivity contribution in [1.82, 2.24) is 14.7 Å². The first-order valence-corrected chi connectivity index (χ1v) is 12.4. The molecule has 0 bridgehead atoms. The van der Waals surface area contributed by atoms with Crippen LogP contribution in [-0.4, -0.2) is 59.8 Å². The van der Waals surface area contributed by atoms with Crippen LogP contribution >= 0.6 is 0 Å². The summed E-state index contributed by atoms with van der Waals surface area (Å²) in [7, 11) is 2.17. The maximum Gasteiger partial charge on any atom is 0.313 e. The Hall–Kier alpha value is -2.70. The first-order valence-electron chi connectivity index (χ1n) is 12.4. The van der Waals surface area contributed by atoms with E-state index in [1.807, 2.05) is 17.0 Å². The van der Waals surface area contributed by atoms with Crippen LogP contribution in [0.5, 0.6) is 5.75 Å². The summed E-state index contributed by atoms with van der Waals surface area (Å²) in [6.45, 7) is 14.3. The van der Waals surface area contributed by atoms with Crippen molar-refractivity contribution in [2.75, 3.05) is 33.2 Å². The average molecular weight is 464 g/mol. The van der Waals surface area contributed by atoms with Gasteiger partial charge in [0.25, 0.3) is 5.91 Å². The molecule has 4 rings (SSSR count). The number of piperazine rings is 1. The summed E-state index contributed by atoms with van der Waals surface area (Å²) >= 11 is 0. The monoisotopic (exact) mass is 463 g/mol. The van der Waals surface area contributed by atoms with Gasteiger partial charge >= 0.3 is 5.97 Å². The minimum atomic E-state index is -0.329. The first kappa shape index (κ1) is 24.4. The standard InChI is InChI=1S/C28H37N3O3/c1-19(2)22-8-9-26(34-28(33)20(3)4)25(15-22)27(32)31-17-23-7-6-21(14-24(23)18-31)16-30-12-10-29(5)11-13-30/h6-9,14-15,19-20H,10-13,16-18H2,1-5H3. The minimum Gasteiger partial charge on any atom is -0.425 e. The Kier molecular flexibility index (Phi) is 7.39. The molecule has 0 aliphatic carbocycles. The molecule has 0 N–H and O–H groups in total. The number of benzene rings is 2. The topological polar surface area (TPSA) is 53.1 Å². The summed E-state index contributed by atoms with van der Waals surface area (Å²) in [5.41, 5.74) is 5.22. The minimum absolute atomic E-state index is 0.0918. The number of rotatable bonds is 6. The molecule has 1 fully saturated rings. The van der Waals surface area contributed by atoms with Crippen LogP contribution < -0.4 is 4.74 Å². The Labute approximate surface area is 203 Å². The van der Waals surface area contributed by atoms with Gasteiger partial charge in [-0.05, 0) is 47.4 Å². The van der Waals surface area contributed by atoms with E-state index in [9.17, 15) is 9.59 Å². The third kappa shape index (κ3) is 5.50. The molecule has 0 spiro atoms. The molecule has 6 nitrogen and oxygen atoms in total. The average Bonchev–Trinajstić information content (AvgIpc) is 3.23. The maximum atomic E-state index is 13.6. The van der Waals surface area contributed by atoms with Gasteiger partial charge in [-0.25, -0.2) is 0 Å². The van der Waals surface area contributed by atoms with Gasteiger partial charge in [0.1, 0.15) is 5.75 Å². The number of hydrogen-bond acceptors (Lipinski definition) is 5. The van der Waals surface area contributed by atoms with E-state index in [0.717, 1.165) is 38.3 Å². The number of nitrogens with zero attached hydrogens (tertiary/aromatic N) is 3. The number of carbonyl (C=O) groups excluding carboxylic acids is 2. The van der Waals surface area contributed by atoms with Crippen molar-refractivity contribution in [3.05, 3.63) is 64.2 Å². The zero-order valence-electron chi connectivity index (χ0n) is 21.1. The van der Waals surface area contributed by atoms with Crippen molar-refractivity contribution in [2.45, 2.75) is 53.2 Å². The Bertz CT molecular complexity index is 1050. The van der Waals surface area contributed by atoms with Gasteiger partial charge in [0.05, 0.1) is 11.5 Å². The smallest absolute Gasteiger partial charge is 0.313 e. The van der Waals surface area contributed by atoms with Crippen molar-refractivity contribution < 1.29 is 14.3 Å². The molecule has 1 amide bonds. The van der Waals surface area contributed by atoms with Gasteiger partial charge < -0.3 is 14.5 Å². The molecule has 0 saturated carbocycles. The zero-order chi connectivity index (χ0) is 24.4. The fraction of sp³-hybridized carbons (Fsp3) is 0.500. The van der Waals surface area contributed by atoms with Crippen molar-refractivity contribution in [2.24, 2.45) is 5.92 Å². The third-order valence-electron chi connectivity index (χ3n) is 6.87. The molecule has 0 atom stereocenters. The summed E-state index contributed by atoms with van der Waals surface area (Å²) in [6, 6.07) is 12.2. The van der Waals surface area contributed by atoms with Gasteiger partial charge in [-0.3, -0.25) is 14.5 Å². The quantitative estimate of drug-likeness (QED) is 0.473. The number of amides is 1. The number of ether oxygens (including phenoxy) is 1. The highest BCUT2D eigenvalue weighted by Gasteiger charge is 2.28. The SMILES string of the molecule is CC(C)C(=O)Oc1ccc(C(C)C)cc1C(=O)N1Cc2ccc(CN3CCN(C)CC3)cc2C1. The molecule has 2 aliphatic heterocycles. The van der Waals surface area contributed by atoms with E-state index >= 15 is 0 Å². The Morgan fingerprint density at radius 2 is 1.62 bits per heavy atom. The fourth-order valence-corrected chi connectivity index (χ4v) is 4.51. The van der Waals surface area contributed by atoms with Crippen molar-refractivity contribution in [3.63, 3.8) is 0 Å². The molecule has 182 valence electrons. The van der Waals surface area contributed by atoms with Gasteiger partial charge in [0, 0.05) is 45.8 Å². The molecule has 2 aromatic carbocycles. The fourth-order valence-electron chi connectivity index (χ4n) is 4.51. The number of esters is 1. The van der Waals surface area contributed by atoms with Crippen LogP contribution in [-0.2, 0) is 24.4 Å².